The number of ether oxygens (including phenoxy) is 2. The molecule has 0 fully saturated rings. The standard InChI is InChI=1S/C26H27N5O3/c1-30(2)21-13-9-19(10-14-21)17-27-26-28-25(20-11-15-22(33-3)16-12-20)29-31(26)24(32)18-34-23-7-5-4-6-8-23/h4-16H,17-18H2,1-3H3,(H,27,28,29). The average molecular weight is 458 g/mol. The Hall–Kier alpha value is -4.33. The molecule has 0 spiro atoms. The zero-order chi connectivity index (χ0) is 23.9. The lowest BCUT2D eigenvalue weighted by Crippen LogP contribution is -2.22. The Bertz CT molecular complexity index is 1220. The van der Waals surface area contributed by atoms with Gasteiger partial charge in [0.1, 0.15) is 11.5 Å². The Morgan fingerprint density at radius 3 is 2.29 bits per heavy atom. The molecule has 1 heterocycles. The summed E-state index contributed by atoms with van der Waals surface area (Å²) in [6, 6.07) is 24.7. The van der Waals surface area contributed by atoms with Crippen molar-refractivity contribution in [1.82, 2.24) is 14.8 Å². The normalized spacial score (nSPS) is 10.6. The molecule has 0 aliphatic heterocycles. The van der Waals surface area contributed by atoms with Crippen LogP contribution in [0.1, 0.15) is 10.4 Å². The zero-order valence-corrected chi connectivity index (χ0v) is 19.4. The monoisotopic (exact) mass is 457 g/mol. The second-order valence-corrected chi connectivity index (χ2v) is 7.81. The summed E-state index contributed by atoms with van der Waals surface area (Å²) in [5.74, 6) is 1.80. The molecule has 1 N–H and O–H groups in total. The number of carbonyl (C=O) groups is 1. The lowest BCUT2D eigenvalue weighted by molar-refractivity contribution is 0.0824. The highest BCUT2D eigenvalue weighted by Gasteiger charge is 2.18. The van der Waals surface area contributed by atoms with E-state index in [1.165, 1.54) is 4.68 Å². The van der Waals surface area contributed by atoms with Crippen molar-refractivity contribution in [2.24, 2.45) is 0 Å². The van der Waals surface area contributed by atoms with Crippen LogP contribution in [0.2, 0.25) is 0 Å². The van der Waals surface area contributed by atoms with Gasteiger partial charge in [-0.3, -0.25) is 4.79 Å². The van der Waals surface area contributed by atoms with Crippen LogP contribution >= 0.6 is 0 Å². The lowest BCUT2D eigenvalue weighted by atomic mass is 10.2. The Morgan fingerprint density at radius 2 is 1.65 bits per heavy atom. The summed E-state index contributed by atoms with van der Waals surface area (Å²) in [7, 11) is 5.61. The van der Waals surface area contributed by atoms with Gasteiger partial charge in [0, 0.05) is 31.9 Å². The predicted molar refractivity (Wildman–Crippen MR) is 133 cm³/mol. The summed E-state index contributed by atoms with van der Waals surface area (Å²) < 4.78 is 12.1. The van der Waals surface area contributed by atoms with E-state index in [4.69, 9.17) is 9.47 Å². The Balaban J connectivity index is 1.55. The Kier molecular flexibility index (Phi) is 7.07. The first-order chi connectivity index (χ1) is 16.5. The summed E-state index contributed by atoms with van der Waals surface area (Å²) >= 11 is 0. The first-order valence-electron chi connectivity index (χ1n) is 10.9. The van der Waals surface area contributed by atoms with Gasteiger partial charge in [0.25, 0.3) is 5.91 Å². The average Bonchev–Trinajstić information content (AvgIpc) is 3.31. The number of hydrogen-bond acceptors (Lipinski definition) is 7. The van der Waals surface area contributed by atoms with Crippen molar-refractivity contribution in [3.8, 4) is 22.9 Å². The van der Waals surface area contributed by atoms with Gasteiger partial charge < -0.3 is 19.7 Å². The van der Waals surface area contributed by atoms with Gasteiger partial charge in [-0.1, -0.05) is 30.3 Å². The van der Waals surface area contributed by atoms with Gasteiger partial charge in [0.05, 0.1) is 7.11 Å². The van der Waals surface area contributed by atoms with E-state index < -0.39 is 0 Å². The van der Waals surface area contributed by atoms with Crippen LogP contribution in [0.5, 0.6) is 11.5 Å². The van der Waals surface area contributed by atoms with Gasteiger partial charge in [-0.15, -0.1) is 5.10 Å². The highest BCUT2D eigenvalue weighted by Crippen LogP contribution is 2.22. The third-order valence-electron chi connectivity index (χ3n) is 5.20. The molecular weight excluding hydrogens is 430 g/mol. The quantitative estimate of drug-likeness (QED) is 0.400. The van der Waals surface area contributed by atoms with Crippen LogP contribution < -0.4 is 19.7 Å². The van der Waals surface area contributed by atoms with Gasteiger partial charge in [-0.05, 0) is 54.1 Å². The van der Waals surface area contributed by atoms with Gasteiger partial charge in [-0.2, -0.15) is 9.67 Å². The number of aromatic nitrogens is 3. The summed E-state index contributed by atoms with van der Waals surface area (Å²) in [5, 5.41) is 7.71. The topological polar surface area (TPSA) is 81.5 Å². The molecule has 0 amide bonds. The highest BCUT2D eigenvalue weighted by molar-refractivity contribution is 5.82. The molecule has 3 aromatic carbocycles. The van der Waals surface area contributed by atoms with Gasteiger partial charge in [0.15, 0.2) is 12.4 Å². The number of hydrogen-bond donors (Lipinski definition) is 1. The van der Waals surface area contributed by atoms with Crippen LogP contribution in [0.25, 0.3) is 11.4 Å². The fraction of sp³-hybridized carbons (Fsp3) is 0.192. The summed E-state index contributed by atoms with van der Waals surface area (Å²) in [5.41, 5.74) is 2.94. The molecule has 4 aromatic rings. The van der Waals surface area contributed by atoms with Gasteiger partial charge >= 0.3 is 0 Å². The smallest absolute Gasteiger partial charge is 0.287 e. The van der Waals surface area contributed by atoms with Crippen LogP contribution in [0.4, 0.5) is 11.6 Å². The molecular formula is C26H27N5O3. The largest absolute Gasteiger partial charge is 0.497 e. The van der Waals surface area contributed by atoms with E-state index in [-0.39, 0.29) is 12.5 Å². The minimum atomic E-state index is -0.332. The maximum atomic E-state index is 13.0. The molecule has 174 valence electrons. The van der Waals surface area contributed by atoms with Crippen molar-refractivity contribution in [2.45, 2.75) is 6.54 Å². The maximum absolute atomic E-state index is 13.0. The third-order valence-corrected chi connectivity index (χ3v) is 5.20. The molecule has 8 nitrogen and oxygen atoms in total. The molecule has 0 saturated carbocycles. The molecule has 0 unspecified atom stereocenters. The van der Waals surface area contributed by atoms with E-state index in [2.05, 4.69) is 15.4 Å². The number of rotatable bonds is 9. The molecule has 0 aliphatic rings. The van der Waals surface area contributed by atoms with Crippen molar-refractivity contribution in [3.05, 3.63) is 84.4 Å². The van der Waals surface area contributed by atoms with Crippen molar-refractivity contribution in [1.29, 1.82) is 0 Å². The minimum absolute atomic E-state index is 0.165. The molecule has 34 heavy (non-hydrogen) atoms. The molecule has 0 atom stereocenters. The molecule has 0 saturated heterocycles. The predicted octanol–water partition coefficient (Wildman–Crippen LogP) is 4.35. The van der Waals surface area contributed by atoms with Crippen molar-refractivity contribution in [2.75, 3.05) is 38.0 Å². The molecule has 0 radical (unpaired) electrons. The van der Waals surface area contributed by atoms with Crippen LogP contribution in [-0.2, 0) is 6.54 Å². The number of methoxy groups -OCH3 is 1. The Morgan fingerprint density at radius 1 is 0.941 bits per heavy atom. The zero-order valence-electron chi connectivity index (χ0n) is 19.4. The van der Waals surface area contributed by atoms with E-state index in [0.717, 1.165) is 22.6 Å². The lowest BCUT2D eigenvalue weighted by Gasteiger charge is -2.13. The molecule has 8 heteroatoms. The summed E-state index contributed by atoms with van der Waals surface area (Å²) in [4.78, 5) is 19.6. The van der Waals surface area contributed by atoms with Crippen molar-refractivity contribution >= 4 is 17.5 Å². The van der Waals surface area contributed by atoms with E-state index in [0.29, 0.717) is 24.1 Å². The molecule has 0 bridgehead atoms. The SMILES string of the molecule is COc1ccc(-c2nc(NCc3ccc(N(C)C)cc3)n(C(=O)COc3ccccc3)n2)cc1. The second kappa shape index (κ2) is 10.5. The Labute approximate surface area is 198 Å². The number of nitrogens with zero attached hydrogens (tertiary/aromatic N) is 4. The number of anilines is 2. The van der Waals surface area contributed by atoms with E-state index in [1.807, 2.05) is 85.7 Å². The molecule has 0 aliphatic carbocycles. The summed E-state index contributed by atoms with van der Waals surface area (Å²) in [6.45, 7) is 0.322. The van der Waals surface area contributed by atoms with Crippen molar-refractivity contribution < 1.29 is 14.3 Å². The van der Waals surface area contributed by atoms with Crippen LogP contribution in [0, 0.1) is 0 Å². The molecule has 4 rings (SSSR count). The van der Waals surface area contributed by atoms with Crippen molar-refractivity contribution in [3.63, 3.8) is 0 Å². The van der Waals surface area contributed by atoms with Crippen LogP contribution in [-0.4, -0.2) is 48.5 Å². The van der Waals surface area contributed by atoms with Gasteiger partial charge in [0.2, 0.25) is 5.95 Å². The minimum Gasteiger partial charge on any atom is -0.497 e. The third kappa shape index (κ3) is 5.53. The van der Waals surface area contributed by atoms with E-state index in [9.17, 15) is 4.79 Å². The number of nitrogens with one attached hydrogen (secondary N) is 1. The fourth-order valence-corrected chi connectivity index (χ4v) is 3.28. The number of carbonyl (C=O) groups excluding carboxylic acids is 1. The molecule has 1 aromatic heterocycles. The van der Waals surface area contributed by atoms with E-state index >= 15 is 0 Å². The van der Waals surface area contributed by atoms with Gasteiger partial charge in [-0.25, -0.2) is 0 Å². The maximum Gasteiger partial charge on any atom is 0.287 e. The second-order valence-electron chi connectivity index (χ2n) is 7.81. The van der Waals surface area contributed by atoms with Crippen LogP contribution in [0.15, 0.2) is 78.9 Å². The number of para-hydroxylation sites is 1. The first kappa shape index (κ1) is 22.8. The van der Waals surface area contributed by atoms with Crippen LogP contribution in [0.3, 0.4) is 0 Å². The number of benzene rings is 3. The highest BCUT2D eigenvalue weighted by atomic mass is 16.5. The fourth-order valence-electron chi connectivity index (χ4n) is 3.28. The van der Waals surface area contributed by atoms with E-state index in [1.54, 1.807) is 19.2 Å². The first-order valence-corrected chi connectivity index (χ1v) is 10.9. The summed E-state index contributed by atoms with van der Waals surface area (Å²) in [6.07, 6.45) is 0.